The molecule has 2 heterocycles. The van der Waals surface area contributed by atoms with Gasteiger partial charge in [0.05, 0.1) is 19.3 Å². The van der Waals surface area contributed by atoms with Crippen LogP contribution in [-0.2, 0) is 5.60 Å². The van der Waals surface area contributed by atoms with E-state index in [1.807, 2.05) is 61.5 Å². The van der Waals surface area contributed by atoms with E-state index in [-0.39, 0.29) is 12.5 Å². The van der Waals surface area contributed by atoms with Gasteiger partial charge in [0.2, 0.25) is 0 Å². The van der Waals surface area contributed by atoms with E-state index in [9.17, 15) is 9.90 Å². The predicted molar refractivity (Wildman–Crippen MR) is 111 cm³/mol. The van der Waals surface area contributed by atoms with Gasteiger partial charge in [-0.15, -0.1) is 0 Å². The average Bonchev–Trinajstić information content (AvgIpc) is 3.15. The maximum absolute atomic E-state index is 13.3. The van der Waals surface area contributed by atoms with Crippen LogP contribution in [0.1, 0.15) is 34.5 Å². The molecule has 29 heavy (non-hydrogen) atoms. The molecule has 3 aromatic rings. The lowest BCUT2D eigenvalue weighted by Gasteiger charge is -2.40. The Morgan fingerprint density at radius 1 is 1.17 bits per heavy atom. The van der Waals surface area contributed by atoms with Crippen LogP contribution in [0.4, 0.5) is 0 Å². The first-order valence-electron chi connectivity index (χ1n) is 9.79. The van der Waals surface area contributed by atoms with Crippen molar-refractivity contribution >= 4 is 5.91 Å². The van der Waals surface area contributed by atoms with Crippen molar-refractivity contribution < 1.29 is 14.6 Å². The highest BCUT2D eigenvalue weighted by Gasteiger charge is 2.39. The summed E-state index contributed by atoms with van der Waals surface area (Å²) < 4.78 is 5.44. The maximum atomic E-state index is 13.3. The highest BCUT2D eigenvalue weighted by atomic mass is 16.5. The van der Waals surface area contributed by atoms with Crippen molar-refractivity contribution in [2.75, 3.05) is 20.2 Å². The van der Waals surface area contributed by atoms with Crippen LogP contribution in [0.5, 0.6) is 5.75 Å². The van der Waals surface area contributed by atoms with E-state index >= 15 is 0 Å². The fraction of sp³-hybridized carbons (Fsp3) is 0.304. The molecule has 0 saturated carbocycles. The first-order chi connectivity index (χ1) is 14.0. The highest BCUT2D eigenvalue weighted by molar-refractivity contribution is 5.95. The number of carbonyl (C=O) groups excluding carboxylic acids is 1. The third-order valence-corrected chi connectivity index (χ3v) is 5.64. The number of H-pyrrole nitrogens is 1. The first kappa shape index (κ1) is 19.2. The van der Waals surface area contributed by atoms with Crippen molar-refractivity contribution in [2.45, 2.75) is 25.4 Å². The van der Waals surface area contributed by atoms with Crippen LogP contribution in [0.2, 0.25) is 0 Å². The summed E-state index contributed by atoms with van der Waals surface area (Å²) in [6.07, 6.45) is 1.29. The number of ether oxygens (including phenoxy) is 1. The Morgan fingerprint density at radius 3 is 2.66 bits per heavy atom. The molecule has 1 fully saturated rings. The van der Waals surface area contributed by atoms with Crippen LogP contribution < -0.4 is 4.74 Å². The Labute approximate surface area is 170 Å². The Bertz CT molecular complexity index is 1020. The number of rotatable bonds is 4. The molecular weight excluding hydrogens is 366 g/mol. The summed E-state index contributed by atoms with van der Waals surface area (Å²) in [4.78, 5) is 15.0. The maximum Gasteiger partial charge on any atom is 0.272 e. The van der Waals surface area contributed by atoms with Gasteiger partial charge in [-0.25, -0.2) is 0 Å². The van der Waals surface area contributed by atoms with Gasteiger partial charge < -0.3 is 14.7 Å². The molecular formula is C23H25N3O3. The van der Waals surface area contributed by atoms with Crippen LogP contribution >= 0.6 is 0 Å². The van der Waals surface area contributed by atoms with E-state index in [4.69, 9.17) is 4.74 Å². The molecule has 6 nitrogen and oxygen atoms in total. The molecule has 6 heteroatoms. The van der Waals surface area contributed by atoms with Gasteiger partial charge in [-0.1, -0.05) is 48.5 Å². The van der Waals surface area contributed by atoms with Gasteiger partial charge >= 0.3 is 0 Å². The van der Waals surface area contributed by atoms with Gasteiger partial charge in [0.15, 0.2) is 0 Å². The molecule has 0 spiro atoms. The van der Waals surface area contributed by atoms with E-state index in [1.54, 1.807) is 12.0 Å². The van der Waals surface area contributed by atoms with Gasteiger partial charge in [-0.05, 0) is 25.8 Å². The van der Waals surface area contributed by atoms with Crippen LogP contribution in [0.3, 0.4) is 0 Å². The zero-order chi connectivity index (χ0) is 20.4. The van der Waals surface area contributed by atoms with Crippen LogP contribution in [0.15, 0.2) is 54.6 Å². The number of para-hydroxylation sites is 1. The number of β-amino-alcohol motifs (C(OH)–C–C–N with tert-alkyl or cyclic N) is 1. The molecule has 2 aromatic carbocycles. The molecule has 0 bridgehead atoms. The molecule has 1 aliphatic rings. The summed E-state index contributed by atoms with van der Waals surface area (Å²) in [5, 5.41) is 18.7. The number of piperidine rings is 1. The van der Waals surface area contributed by atoms with Crippen molar-refractivity contribution in [1.82, 2.24) is 15.1 Å². The molecule has 4 rings (SSSR count). The Hall–Kier alpha value is -3.12. The van der Waals surface area contributed by atoms with E-state index in [1.165, 1.54) is 0 Å². The number of aromatic nitrogens is 2. The van der Waals surface area contributed by atoms with Crippen molar-refractivity contribution in [3.63, 3.8) is 0 Å². The number of likely N-dealkylation sites (tertiary alicyclic amines) is 1. The minimum absolute atomic E-state index is 0.148. The average molecular weight is 391 g/mol. The number of aliphatic hydroxyl groups is 1. The molecule has 0 radical (unpaired) electrons. The number of hydrogen-bond acceptors (Lipinski definition) is 4. The first-order valence-corrected chi connectivity index (χ1v) is 9.79. The van der Waals surface area contributed by atoms with Gasteiger partial charge in [0, 0.05) is 23.2 Å². The van der Waals surface area contributed by atoms with E-state index in [0.717, 1.165) is 16.8 Å². The zero-order valence-electron chi connectivity index (χ0n) is 16.7. The third-order valence-electron chi connectivity index (χ3n) is 5.64. The molecule has 1 saturated heterocycles. The molecule has 0 unspecified atom stereocenters. The second-order valence-electron chi connectivity index (χ2n) is 7.50. The van der Waals surface area contributed by atoms with Gasteiger partial charge in [0.1, 0.15) is 17.0 Å². The SMILES string of the molecule is COc1ccccc1[C@@]1(O)CCCN(C(=O)c2[nH]nc(-c3ccccc3)c2C)C1. The van der Waals surface area contributed by atoms with Crippen molar-refractivity contribution in [1.29, 1.82) is 0 Å². The quantitative estimate of drug-likeness (QED) is 0.713. The molecule has 0 aliphatic carbocycles. The van der Waals surface area contributed by atoms with E-state index in [2.05, 4.69) is 10.2 Å². The smallest absolute Gasteiger partial charge is 0.272 e. The number of aromatic amines is 1. The van der Waals surface area contributed by atoms with Gasteiger partial charge in [-0.2, -0.15) is 5.10 Å². The summed E-state index contributed by atoms with van der Waals surface area (Å²) in [6, 6.07) is 17.2. The lowest BCUT2D eigenvalue weighted by molar-refractivity contribution is -0.0304. The third kappa shape index (κ3) is 3.51. The van der Waals surface area contributed by atoms with E-state index < -0.39 is 5.60 Å². The van der Waals surface area contributed by atoms with Crippen molar-refractivity contribution in [3.8, 4) is 17.0 Å². The largest absolute Gasteiger partial charge is 0.496 e. The van der Waals surface area contributed by atoms with Gasteiger partial charge in [-0.3, -0.25) is 9.89 Å². The van der Waals surface area contributed by atoms with Crippen LogP contribution in [0, 0.1) is 6.92 Å². The molecule has 1 amide bonds. The topological polar surface area (TPSA) is 78.5 Å². The fourth-order valence-electron chi connectivity index (χ4n) is 4.10. The number of hydrogen-bond donors (Lipinski definition) is 2. The summed E-state index contributed by atoms with van der Waals surface area (Å²) in [6.45, 7) is 2.70. The van der Waals surface area contributed by atoms with Crippen molar-refractivity contribution in [3.05, 3.63) is 71.4 Å². The molecule has 2 N–H and O–H groups in total. The van der Waals surface area contributed by atoms with Gasteiger partial charge in [0.25, 0.3) is 5.91 Å². The van der Waals surface area contributed by atoms with Crippen molar-refractivity contribution in [2.24, 2.45) is 0 Å². The second kappa shape index (κ2) is 7.72. The standard InChI is InChI=1S/C23H25N3O3/c1-16-20(17-9-4-3-5-10-17)24-25-21(16)22(27)26-14-8-13-23(28,15-26)18-11-6-7-12-19(18)29-2/h3-7,9-12,28H,8,13-15H2,1-2H3,(H,24,25)/t23-/m1/s1. The molecule has 1 aliphatic heterocycles. The molecule has 1 atom stereocenters. The number of nitrogens with zero attached hydrogens (tertiary/aromatic N) is 2. The summed E-state index contributed by atoms with van der Waals surface area (Å²) in [5.74, 6) is 0.485. The number of amides is 1. The Balaban J connectivity index is 1.61. The minimum Gasteiger partial charge on any atom is -0.496 e. The zero-order valence-corrected chi connectivity index (χ0v) is 16.7. The number of nitrogens with one attached hydrogen (secondary N) is 1. The van der Waals surface area contributed by atoms with Crippen LogP contribution in [-0.4, -0.2) is 46.3 Å². The predicted octanol–water partition coefficient (Wildman–Crippen LogP) is 3.52. The highest BCUT2D eigenvalue weighted by Crippen LogP contribution is 2.37. The fourth-order valence-corrected chi connectivity index (χ4v) is 4.10. The molecule has 1 aromatic heterocycles. The Kier molecular flexibility index (Phi) is 5.11. The lowest BCUT2D eigenvalue weighted by Crippen LogP contribution is -2.48. The van der Waals surface area contributed by atoms with E-state index in [0.29, 0.717) is 36.4 Å². The minimum atomic E-state index is -1.14. The summed E-state index contributed by atoms with van der Waals surface area (Å²) in [7, 11) is 1.59. The molecule has 150 valence electrons. The Morgan fingerprint density at radius 2 is 1.90 bits per heavy atom. The summed E-state index contributed by atoms with van der Waals surface area (Å²) in [5.41, 5.74) is 2.58. The summed E-state index contributed by atoms with van der Waals surface area (Å²) >= 11 is 0. The number of methoxy groups -OCH3 is 1. The normalized spacial score (nSPS) is 19.2. The lowest BCUT2D eigenvalue weighted by atomic mass is 9.85. The second-order valence-corrected chi connectivity index (χ2v) is 7.50. The number of carbonyl (C=O) groups is 1. The monoisotopic (exact) mass is 391 g/mol. The number of benzene rings is 2. The van der Waals surface area contributed by atoms with Crippen LogP contribution in [0.25, 0.3) is 11.3 Å².